The Hall–Kier alpha value is -6.13. The molecule has 2 atom stereocenters. The third-order valence-corrected chi connectivity index (χ3v) is 11.6. The molecule has 3 amide bonds. The molecule has 1 aliphatic rings. The van der Waals surface area contributed by atoms with E-state index < -0.39 is 46.6 Å². The van der Waals surface area contributed by atoms with Gasteiger partial charge >= 0.3 is 12.1 Å². The van der Waals surface area contributed by atoms with Gasteiger partial charge in [0.25, 0.3) is 0 Å². The van der Waals surface area contributed by atoms with Crippen LogP contribution in [0.1, 0.15) is 54.5 Å². The number of amides is 3. The van der Waals surface area contributed by atoms with Crippen molar-refractivity contribution in [2.24, 2.45) is 5.92 Å². The molecule has 2 unspecified atom stereocenters. The van der Waals surface area contributed by atoms with Gasteiger partial charge in [0, 0.05) is 11.7 Å². The Bertz CT molecular complexity index is 2050. The summed E-state index contributed by atoms with van der Waals surface area (Å²) >= 11 is 1.44. The van der Waals surface area contributed by atoms with Gasteiger partial charge in [-0.15, -0.1) is 11.8 Å². The lowest BCUT2D eigenvalue weighted by atomic mass is 9.84. The lowest BCUT2D eigenvalue weighted by Gasteiger charge is -2.36. The third kappa shape index (κ3) is 8.56. The number of fused-ring (bicyclic) bond motifs is 3. The van der Waals surface area contributed by atoms with Crippen LogP contribution in [0.2, 0.25) is 0 Å². The van der Waals surface area contributed by atoms with Crippen molar-refractivity contribution in [3.05, 3.63) is 179 Å². The summed E-state index contributed by atoms with van der Waals surface area (Å²) in [5.74, 6) is -3.18. The van der Waals surface area contributed by atoms with Crippen LogP contribution in [0.4, 0.5) is 4.79 Å². The van der Waals surface area contributed by atoms with Crippen LogP contribution in [0.15, 0.2) is 151 Å². The van der Waals surface area contributed by atoms with Crippen LogP contribution in [-0.2, 0) is 23.9 Å². The second kappa shape index (κ2) is 18.0. The number of alkyl carbamates (subject to hydrolysis) is 1. The highest BCUT2D eigenvalue weighted by Crippen LogP contribution is 2.49. The van der Waals surface area contributed by atoms with E-state index >= 15 is 0 Å². The van der Waals surface area contributed by atoms with E-state index in [1.54, 1.807) is 13.8 Å². The molecule has 4 N–H and O–H groups in total. The molecule has 9 nitrogen and oxygen atoms in total. The van der Waals surface area contributed by atoms with Gasteiger partial charge in [-0.05, 0) is 51.8 Å². The van der Waals surface area contributed by atoms with Crippen LogP contribution in [0, 0.1) is 5.92 Å². The van der Waals surface area contributed by atoms with Gasteiger partial charge in [-0.1, -0.05) is 159 Å². The van der Waals surface area contributed by atoms with E-state index in [0.29, 0.717) is 0 Å². The number of aliphatic carboxylic acids is 1. The summed E-state index contributed by atoms with van der Waals surface area (Å²) < 4.78 is 4.94. The number of carboxylic acid groups (broad SMARTS) is 1. The summed E-state index contributed by atoms with van der Waals surface area (Å²) in [6.07, 6.45) is 0.513. The molecule has 0 radical (unpaired) electrons. The highest BCUT2D eigenvalue weighted by atomic mass is 32.2. The molecule has 0 spiro atoms. The highest BCUT2D eigenvalue weighted by molar-refractivity contribution is 8.00. The van der Waals surface area contributed by atoms with E-state index in [4.69, 9.17) is 4.74 Å². The second-order valence-electron chi connectivity index (χ2n) is 13.8. The van der Waals surface area contributed by atoms with Crippen molar-refractivity contribution in [3.8, 4) is 11.1 Å². The van der Waals surface area contributed by atoms with E-state index in [2.05, 4.69) is 28.1 Å². The maximum atomic E-state index is 14.1. The predicted molar refractivity (Wildman–Crippen MR) is 220 cm³/mol. The number of carboxylic acids is 1. The molecule has 0 heterocycles. The summed E-state index contributed by atoms with van der Waals surface area (Å²) in [6.45, 7) is 5.14. The molecule has 5 aromatic rings. The van der Waals surface area contributed by atoms with Gasteiger partial charge in [-0.3, -0.25) is 9.59 Å². The van der Waals surface area contributed by atoms with Gasteiger partial charge in [-0.2, -0.15) is 0 Å². The Morgan fingerprint density at radius 2 is 1.16 bits per heavy atom. The van der Waals surface area contributed by atoms with E-state index in [-0.39, 0.29) is 24.0 Å². The first kappa shape index (κ1) is 39.6. The largest absolute Gasteiger partial charge is 0.477 e. The number of nitrogens with one attached hydrogen (secondary N) is 3. The van der Waals surface area contributed by atoms with Crippen LogP contribution in [0.25, 0.3) is 11.1 Å². The lowest BCUT2D eigenvalue weighted by molar-refractivity contribution is -0.135. The zero-order valence-corrected chi connectivity index (χ0v) is 32.3. The minimum atomic E-state index is -1.32. The van der Waals surface area contributed by atoms with Crippen molar-refractivity contribution in [1.29, 1.82) is 0 Å². The smallest absolute Gasteiger partial charge is 0.407 e. The number of ether oxygens (including phenoxy) is 1. The molecule has 0 saturated heterocycles. The Morgan fingerprint density at radius 1 is 0.696 bits per heavy atom. The van der Waals surface area contributed by atoms with Crippen molar-refractivity contribution in [2.75, 3.05) is 12.4 Å². The standard InChI is InChI=1S/C46H45N3O6S/c1-4-39(44(52)53)47-42(50)40(29-56-46(31-18-8-5-9-19-31,32-20-10-6-11-21-32)33-22-12-7-13-23-33)48-43(51)41(30(2)3)49-45(54)55-28-38-36-26-16-14-24-34(36)35-25-15-17-27-37(35)38/h4-27,30,38,40-41H,28-29H2,1-3H3,(H,47,50)(H,48,51)(H,49,54)(H,52,53)/b39-4-. The fraction of sp³-hybridized carbons (Fsp3) is 0.217. The van der Waals surface area contributed by atoms with Crippen LogP contribution < -0.4 is 16.0 Å². The lowest BCUT2D eigenvalue weighted by Crippen LogP contribution is -2.56. The van der Waals surface area contributed by atoms with Crippen LogP contribution >= 0.6 is 11.8 Å². The number of thioether (sulfide) groups is 1. The quantitative estimate of drug-likeness (QED) is 0.0630. The minimum absolute atomic E-state index is 0.0304. The Balaban J connectivity index is 1.25. The molecule has 0 bridgehead atoms. The molecule has 0 saturated carbocycles. The fourth-order valence-electron chi connectivity index (χ4n) is 7.19. The zero-order chi connectivity index (χ0) is 39.7. The molecular formula is C46H45N3O6S. The average Bonchev–Trinajstić information content (AvgIpc) is 3.55. The van der Waals surface area contributed by atoms with E-state index in [1.807, 2.05) is 127 Å². The molecule has 6 rings (SSSR count). The second-order valence-corrected chi connectivity index (χ2v) is 15.1. The topological polar surface area (TPSA) is 134 Å². The van der Waals surface area contributed by atoms with E-state index in [9.17, 15) is 24.3 Å². The minimum Gasteiger partial charge on any atom is -0.477 e. The summed E-state index contributed by atoms with van der Waals surface area (Å²) in [7, 11) is 0. The summed E-state index contributed by atoms with van der Waals surface area (Å²) in [5.41, 5.74) is 6.84. The third-order valence-electron chi connectivity index (χ3n) is 9.98. The predicted octanol–water partition coefficient (Wildman–Crippen LogP) is 7.86. The zero-order valence-electron chi connectivity index (χ0n) is 31.5. The van der Waals surface area contributed by atoms with Gasteiger partial charge in [0.05, 0.1) is 4.75 Å². The molecule has 1 aliphatic carbocycles. The number of rotatable bonds is 15. The SMILES string of the molecule is C/C=C(\NC(=O)C(CSC(c1ccccc1)(c1ccccc1)c1ccccc1)NC(=O)C(NC(=O)OCC1c2ccccc2-c2ccccc21)C(C)C)C(=O)O. The first-order valence-corrected chi connectivity index (χ1v) is 19.6. The molecule has 0 aliphatic heterocycles. The molecular weight excluding hydrogens is 723 g/mol. The first-order valence-electron chi connectivity index (χ1n) is 18.6. The monoisotopic (exact) mass is 767 g/mol. The van der Waals surface area contributed by atoms with Crippen molar-refractivity contribution in [3.63, 3.8) is 0 Å². The summed E-state index contributed by atoms with van der Waals surface area (Å²) in [4.78, 5) is 53.5. The summed E-state index contributed by atoms with van der Waals surface area (Å²) in [6, 6.07) is 43.4. The Morgan fingerprint density at radius 3 is 1.61 bits per heavy atom. The molecule has 10 heteroatoms. The van der Waals surface area contributed by atoms with E-state index in [0.717, 1.165) is 38.9 Å². The maximum Gasteiger partial charge on any atom is 0.407 e. The Kier molecular flexibility index (Phi) is 12.7. The van der Waals surface area contributed by atoms with Gasteiger partial charge < -0.3 is 25.8 Å². The van der Waals surface area contributed by atoms with E-state index in [1.165, 1.54) is 24.8 Å². The molecule has 286 valence electrons. The van der Waals surface area contributed by atoms with Crippen LogP contribution in [0.5, 0.6) is 0 Å². The first-order chi connectivity index (χ1) is 27.1. The maximum absolute atomic E-state index is 14.1. The van der Waals surface area contributed by atoms with Crippen molar-refractivity contribution >= 4 is 35.6 Å². The molecule has 5 aromatic carbocycles. The molecule has 0 aromatic heterocycles. The number of carbonyl (C=O) groups is 4. The number of carbonyl (C=O) groups excluding carboxylic acids is 3. The highest BCUT2D eigenvalue weighted by Gasteiger charge is 2.39. The van der Waals surface area contributed by atoms with Crippen LogP contribution in [-0.4, -0.2) is 53.4 Å². The van der Waals surface area contributed by atoms with Crippen molar-refractivity contribution < 1.29 is 29.0 Å². The number of hydrogen-bond donors (Lipinski definition) is 4. The van der Waals surface area contributed by atoms with Gasteiger partial charge in [-0.25, -0.2) is 9.59 Å². The number of allylic oxidation sites excluding steroid dienone is 1. The fourth-order valence-corrected chi connectivity index (χ4v) is 8.75. The van der Waals surface area contributed by atoms with Crippen molar-refractivity contribution in [1.82, 2.24) is 16.0 Å². The van der Waals surface area contributed by atoms with Gasteiger partial charge in [0.15, 0.2) is 0 Å². The van der Waals surface area contributed by atoms with Gasteiger partial charge in [0.2, 0.25) is 11.8 Å². The molecule has 0 fully saturated rings. The average molecular weight is 768 g/mol. The van der Waals surface area contributed by atoms with Crippen LogP contribution in [0.3, 0.4) is 0 Å². The Labute approximate surface area is 331 Å². The summed E-state index contributed by atoms with van der Waals surface area (Å²) in [5, 5.41) is 17.8. The number of hydrogen-bond acceptors (Lipinski definition) is 6. The van der Waals surface area contributed by atoms with Gasteiger partial charge in [0.1, 0.15) is 24.4 Å². The van der Waals surface area contributed by atoms with Crippen molar-refractivity contribution in [2.45, 2.75) is 43.5 Å². The number of benzene rings is 5. The normalized spacial score (nSPS) is 13.5. The molecule has 56 heavy (non-hydrogen) atoms.